The van der Waals surface area contributed by atoms with Crippen molar-refractivity contribution in [2.45, 2.75) is 6.42 Å². The Hall–Kier alpha value is -2.73. The number of nitro benzene ring substituents is 1. The van der Waals surface area contributed by atoms with Crippen molar-refractivity contribution in [2.24, 2.45) is 4.99 Å². The first kappa shape index (κ1) is 14.2. The minimum absolute atomic E-state index is 0.0874. The Morgan fingerprint density at radius 1 is 1.18 bits per heavy atom. The van der Waals surface area contributed by atoms with Crippen LogP contribution in [-0.4, -0.2) is 16.5 Å². The quantitative estimate of drug-likeness (QED) is 0.677. The second kappa shape index (κ2) is 5.57. The van der Waals surface area contributed by atoms with E-state index in [0.717, 1.165) is 5.56 Å². The third kappa shape index (κ3) is 2.82. The van der Waals surface area contributed by atoms with Gasteiger partial charge in [-0.05, 0) is 23.8 Å². The van der Waals surface area contributed by atoms with Crippen molar-refractivity contribution in [2.75, 3.05) is 5.32 Å². The number of benzene rings is 2. The summed E-state index contributed by atoms with van der Waals surface area (Å²) < 4.78 is 0. The van der Waals surface area contributed by atoms with Crippen LogP contribution in [0.4, 0.5) is 17.1 Å². The van der Waals surface area contributed by atoms with Crippen molar-refractivity contribution in [3.8, 4) is 0 Å². The first-order valence-electron chi connectivity index (χ1n) is 6.45. The lowest BCUT2D eigenvalue weighted by molar-refractivity contribution is -0.384. The zero-order chi connectivity index (χ0) is 15.7. The van der Waals surface area contributed by atoms with Crippen LogP contribution in [0.1, 0.15) is 12.0 Å². The minimum atomic E-state index is -0.513. The van der Waals surface area contributed by atoms with Gasteiger partial charge >= 0.3 is 0 Å². The van der Waals surface area contributed by atoms with E-state index in [1.54, 1.807) is 24.3 Å². The first-order valence-corrected chi connectivity index (χ1v) is 6.82. The van der Waals surface area contributed by atoms with Gasteiger partial charge in [0, 0.05) is 17.2 Å². The fourth-order valence-corrected chi connectivity index (χ4v) is 2.30. The van der Waals surface area contributed by atoms with Gasteiger partial charge in [-0.1, -0.05) is 23.7 Å². The van der Waals surface area contributed by atoms with Crippen LogP contribution < -0.4 is 5.32 Å². The number of carbonyl (C=O) groups is 1. The third-order valence-electron chi connectivity index (χ3n) is 3.23. The summed E-state index contributed by atoms with van der Waals surface area (Å²) in [5.41, 5.74) is 2.10. The molecule has 0 fully saturated rings. The van der Waals surface area contributed by atoms with Gasteiger partial charge in [0.2, 0.25) is 5.91 Å². The molecule has 2 aromatic carbocycles. The number of nitrogens with zero attached hydrogens (tertiary/aromatic N) is 2. The number of halogens is 1. The molecule has 0 spiro atoms. The first-order chi connectivity index (χ1) is 10.5. The van der Waals surface area contributed by atoms with Gasteiger partial charge in [-0.25, -0.2) is 0 Å². The Kier molecular flexibility index (Phi) is 3.60. The number of rotatable bonds is 2. The minimum Gasteiger partial charge on any atom is -0.324 e. The summed E-state index contributed by atoms with van der Waals surface area (Å²) in [4.78, 5) is 26.8. The van der Waals surface area contributed by atoms with Gasteiger partial charge in [0.05, 0.1) is 28.4 Å². The fraction of sp³-hybridized carbons (Fsp3) is 0.0667. The number of hydrogen-bond donors (Lipinski definition) is 1. The summed E-state index contributed by atoms with van der Waals surface area (Å²) >= 11 is 5.86. The molecule has 0 aliphatic carbocycles. The molecule has 1 amide bonds. The van der Waals surface area contributed by atoms with Crippen LogP contribution in [0.25, 0.3) is 0 Å². The van der Waals surface area contributed by atoms with Crippen molar-refractivity contribution in [3.05, 3.63) is 63.2 Å². The molecule has 1 heterocycles. The van der Waals surface area contributed by atoms with Crippen LogP contribution in [0.2, 0.25) is 5.02 Å². The highest BCUT2D eigenvalue weighted by atomic mass is 35.5. The number of nitrogens with one attached hydrogen (secondary N) is 1. The van der Waals surface area contributed by atoms with Crippen molar-refractivity contribution in [3.63, 3.8) is 0 Å². The van der Waals surface area contributed by atoms with Gasteiger partial charge in [-0.3, -0.25) is 19.9 Å². The van der Waals surface area contributed by atoms with Crippen LogP contribution in [0.5, 0.6) is 0 Å². The number of aliphatic imine (C=N–C) groups is 1. The molecular weight excluding hydrogens is 306 g/mol. The fourth-order valence-electron chi connectivity index (χ4n) is 2.18. The van der Waals surface area contributed by atoms with Crippen LogP contribution >= 0.6 is 11.6 Å². The normalized spacial score (nSPS) is 13.7. The van der Waals surface area contributed by atoms with E-state index >= 15 is 0 Å². The monoisotopic (exact) mass is 315 g/mol. The smallest absolute Gasteiger partial charge is 0.271 e. The summed E-state index contributed by atoms with van der Waals surface area (Å²) in [5.74, 6) is -0.270. The molecule has 1 aliphatic rings. The summed E-state index contributed by atoms with van der Waals surface area (Å²) in [5, 5.41) is 14.1. The number of fused-ring (bicyclic) bond motifs is 1. The lowest BCUT2D eigenvalue weighted by Gasteiger charge is -2.03. The van der Waals surface area contributed by atoms with Crippen LogP contribution in [-0.2, 0) is 4.79 Å². The number of amides is 1. The maximum Gasteiger partial charge on any atom is 0.271 e. The topological polar surface area (TPSA) is 84.6 Å². The molecule has 22 heavy (non-hydrogen) atoms. The molecule has 3 rings (SSSR count). The van der Waals surface area contributed by atoms with Crippen LogP contribution in [0.15, 0.2) is 47.5 Å². The van der Waals surface area contributed by atoms with Crippen molar-refractivity contribution >= 4 is 40.3 Å². The zero-order valence-corrected chi connectivity index (χ0v) is 12.0. The summed E-state index contributed by atoms with van der Waals surface area (Å²) in [6.45, 7) is 0. The maximum atomic E-state index is 12.0. The van der Waals surface area contributed by atoms with E-state index in [2.05, 4.69) is 10.3 Å². The average molecular weight is 316 g/mol. The molecule has 0 aromatic heterocycles. The number of carbonyl (C=O) groups excluding carboxylic acids is 1. The van der Waals surface area contributed by atoms with Gasteiger partial charge in [0.15, 0.2) is 0 Å². The molecule has 6 nitrogen and oxygen atoms in total. The van der Waals surface area contributed by atoms with E-state index < -0.39 is 4.92 Å². The second-order valence-corrected chi connectivity index (χ2v) is 5.19. The highest BCUT2D eigenvalue weighted by Gasteiger charge is 2.19. The predicted molar refractivity (Wildman–Crippen MR) is 84.0 cm³/mol. The van der Waals surface area contributed by atoms with E-state index in [4.69, 9.17) is 11.6 Å². The van der Waals surface area contributed by atoms with Crippen LogP contribution in [0.3, 0.4) is 0 Å². The molecule has 1 N–H and O–H groups in total. The Labute approximate surface area is 130 Å². The molecule has 2 aromatic rings. The van der Waals surface area contributed by atoms with E-state index in [9.17, 15) is 14.9 Å². The molecular formula is C15H10ClN3O3. The summed E-state index contributed by atoms with van der Waals surface area (Å²) in [7, 11) is 0. The highest BCUT2D eigenvalue weighted by Crippen LogP contribution is 2.32. The molecule has 0 bridgehead atoms. The molecule has 0 saturated carbocycles. The van der Waals surface area contributed by atoms with Gasteiger partial charge in [-0.15, -0.1) is 0 Å². The van der Waals surface area contributed by atoms with E-state index in [0.29, 0.717) is 22.1 Å². The van der Waals surface area contributed by atoms with Gasteiger partial charge in [0.25, 0.3) is 5.69 Å². The Balaban J connectivity index is 2.07. The largest absolute Gasteiger partial charge is 0.324 e. The molecule has 0 radical (unpaired) electrons. The zero-order valence-electron chi connectivity index (χ0n) is 11.2. The molecule has 0 unspecified atom stereocenters. The van der Waals surface area contributed by atoms with Crippen LogP contribution in [0, 0.1) is 10.1 Å². The maximum absolute atomic E-state index is 12.0. The van der Waals surface area contributed by atoms with E-state index in [-0.39, 0.29) is 18.0 Å². The number of hydrogen-bond acceptors (Lipinski definition) is 4. The van der Waals surface area contributed by atoms with Crippen molar-refractivity contribution in [1.29, 1.82) is 0 Å². The Bertz CT molecular complexity index is 800. The lowest BCUT2D eigenvalue weighted by atomic mass is 10.1. The highest BCUT2D eigenvalue weighted by molar-refractivity contribution is 6.30. The Morgan fingerprint density at radius 2 is 1.91 bits per heavy atom. The summed E-state index contributed by atoms with van der Waals surface area (Å²) in [6, 6.07) is 11.2. The van der Waals surface area contributed by atoms with Crippen molar-refractivity contribution < 1.29 is 9.72 Å². The molecule has 7 heteroatoms. The molecule has 0 atom stereocenters. The third-order valence-corrected chi connectivity index (χ3v) is 3.48. The average Bonchev–Trinajstić information content (AvgIpc) is 2.65. The van der Waals surface area contributed by atoms with Gasteiger partial charge < -0.3 is 5.32 Å². The predicted octanol–water partition coefficient (Wildman–Crippen LogP) is 3.71. The van der Waals surface area contributed by atoms with Crippen molar-refractivity contribution in [1.82, 2.24) is 0 Å². The molecule has 110 valence electrons. The standard InChI is InChI=1S/C15H10ClN3O3/c16-10-3-1-9(2-4-10)13-8-15(20)18-14-7-11(19(21)22)5-6-12(14)17-13/h1-7H,8H2,(H,18,20). The number of anilines is 1. The van der Waals surface area contributed by atoms with E-state index in [1.165, 1.54) is 18.2 Å². The number of nitro groups is 1. The summed E-state index contributed by atoms with van der Waals surface area (Å²) in [6.07, 6.45) is 0.0874. The second-order valence-electron chi connectivity index (χ2n) is 4.75. The Morgan fingerprint density at radius 3 is 2.59 bits per heavy atom. The number of non-ortho nitro benzene ring substituents is 1. The molecule has 1 aliphatic heterocycles. The SMILES string of the molecule is O=C1CC(c2ccc(Cl)cc2)=Nc2ccc([N+](=O)[O-])cc2N1. The lowest BCUT2D eigenvalue weighted by Crippen LogP contribution is -2.14. The van der Waals surface area contributed by atoms with Gasteiger partial charge in [-0.2, -0.15) is 0 Å². The van der Waals surface area contributed by atoms with E-state index in [1.807, 2.05) is 0 Å². The van der Waals surface area contributed by atoms with Gasteiger partial charge in [0.1, 0.15) is 0 Å². The molecule has 0 saturated heterocycles.